The third-order valence-corrected chi connectivity index (χ3v) is 9.39. The number of fused-ring (bicyclic) bond motifs is 1. The third kappa shape index (κ3) is 7.63. The monoisotopic (exact) mass is 763 g/mol. The highest BCUT2D eigenvalue weighted by molar-refractivity contribution is 8.18. The second kappa shape index (κ2) is 15.4. The van der Waals surface area contributed by atoms with Crippen LogP contribution in [0.1, 0.15) is 50.2 Å². The second-order valence-corrected chi connectivity index (χ2v) is 12.9. The minimum atomic E-state index is -4.79. The minimum absolute atomic E-state index is 0.00116. The Balaban J connectivity index is 1.02. The smallest absolute Gasteiger partial charge is 0.420 e. The van der Waals surface area contributed by atoms with Crippen molar-refractivity contribution in [2.75, 3.05) is 38.7 Å². The average molecular weight is 764 g/mol. The van der Waals surface area contributed by atoms with Crippen LogP contribution < -0.4 is 20.1 Å². The van der Waals surface area contributed by atoms with Gasteiger partial charge in [0.05, 0.1) is 60.1 Å². The summed E-state index contributed by atoms with van der Waals surface area (Å²) >= 11 is 0.695. The molecule has 1 unspecified atom stereocenters. The molecule has 6 rings (SSSR count). The lowest BCUT2D eigenvalue weighted by atomic mass is 10.0. The van der Waals surface area contributed by atoms with Crippen molar-refractivity contribution in [1.29, 1.82) is 5.26 Å². The Morgan fingerprint density at radius 1 is 0.981 bits per heavy atom. The SMILES string of the molecule is COc1cc(/C=C2\SC(=O)N(CCOCCNc3cccc4c3C(=O)N(C3CCC(=O)NC3=O)C4=O)C2=O)ccc1Oc1ccc(C#N)cc1C(F)(F)F. The predicted molar refractivity (Wildman–Crippen MR) is 184 cm³/mol. The van der Waals surface area contributed by atoms with Crippen LogP contribution in [-0.4, -0.2) is 84.0 Å². The molecule has 0 aliphatic carbocycles. The first-order chi connectivity index (χ1) is 25.8. The van der Waals surface area contributed by atoms with Crippen molar-refractivity contribution in [3.8, 4) is 23.3 Å². The molecule has 3 aliphatic heterocycles. The van der Waals surface area contributed by atoms with Crippen LogP contribution in [0.4, 0.5) is 23.7 Å². The van der Waals surface area contributed by atoms with Crippen LogP contribution in [0.15, 0.2) is 59.5 Å². The lowest BCUT2D eigenvalue weighted by Crippen LogP contribution is -2.54. The van der Waals surface area contributed by atoms with Gasteiger partial charge in [0.1, 0.15) is 11.8 Å². The van der Waals surface area contributed by atoms with Crippen molar-refractivity contribution in [1.82, 2.24) is 15.1 Å². The number of rotatable bonds is 12. The van der Waals surface area contributed by atoms with Crippen LogP contribution in [-0.2, 0) is 25.3 Å². The fraction of sp³-hybridized carbons (Fsp3) is 0.250. The van der Waals surface area contributed by atoms with Gasteiger partial charge < -0.3 is 19.5 Å². The fourth-order valence-corrected chi connectivity index (χ4v) is 6.77. The zero-order valence-electron chi connectivity index (χ0n) is 28.2. The number of carbonyl (C=O) groups excluding carboxylic acids is 6. The summed E-state index contributed by atoms with van der Waals surface area (Å²) in [6.07, 6.45) is -3.34. The van der Waals surface area contributed by atoms with Crippen molar-refractivity contribution >= 4 is 58.3 Å². The number of nitriles is 1. The van der Waals surface area contributed by atoms with Crippen LogP contribution >= 0.6 is 11.8 Å². The van der Waals surface area contributed by atoms with Gasteiger partial charge in [0.25, 0.3) is 23.0 Å². The standard InChI is InChI=1S/C36H28F3N5O9S/c1-51-27-16-19(5-9-26(27)53-25-8-6-20(18-40)15-22(25)36(37,38)39)17-28-33(48)43(35(50)54-28)12-14-52-13-11-41-23-4-2-3-21-30(23)34(49)44(32(21)47)24-7-10-29(45)42-31(24)46/h2-6,8-9,15-17,24,41H,7,10-14H2,1H3,(H,42,45,46)/b28-17-. The van der Waals surface area contributed by atoms with Gasteiger partial charge in [-0.1, -0.05) is 12.1 Å². The molecular weight excluding hydrogens is 735 g/mol. The van der Waals surface area contributed by atoms with Gasteiger partial charge in [0.15, 0.2) is 11.5 Å². The molecule has 0 saturated carbocycles. The van der Waals surface area contributed by atoms with E-state index in [9.17, 15) is 41.9 Å². The summed E-state index contributed by atoms with van der Waals surface area (Å²) in [7, 11) is 1.28. The van der Waals surface area contributed by atoms with Gasteiger partial charge in [-0.15, -0.1) is 0 Å². The molecule has 3 aromatic carbocycles. The zero-order chi connectivity index (χ0) is 38.7. The van der Waals surface area contributed by atoms with E-state index in [0.29, 0.717) is 29.1 Å². The number of hydrogen-bond donors (Lipinski definition) is 2. The molecule has 2 N–H and O–H groups in total. The largest absolute Gasteiger partial charge is 0.493 e. The predicted octanol–water partition coefficient (Wildman–Crippen LogP) is 4.94. The molecule has 0 aromatic heterocycles. The molecule has 54 heavy (non-hydrogen) atoms. The van der Waals surface area contributed by atoms with E-state index in [1.54, 1.807) is 18.2 Å². The van der Waals surface area contributed by atoms with E-state index < -0.39 is 58.3 Å². The number of anilines is 1. The Morgan fingerprint density at radius 3 is 2.48 bits per heavy atom. The van der Waals surface area contributed by atoms with E-state index in [1.807, 2.05) is 0 Å². The second-order valence-electron chi connectivity index (χ2n) is 11.9. The third-order valence-electron chi connectivity index (χ3n) is 8.48. The van der Waals surface area contributed by atoms with Crippen LogP contribution in [0.5, 0.6) is 17.2 Å². The van der Waals surface area contributed by atoms with E-state index in [2.05, 4.69) is 10.6 Å². The number of halogens is 3. The molecule has 18 heteroatoms. The van der Waals surface area contributed by atoms with Gasteiger partial charge in [-0.05, 0) is 72.3 Å². The number of benzene rings is 3. The number of imide groups is 3. The summed E-state index contributed by atoms with van der Waals surface area (Å²) in [6.45, 7) is 0.187. The number of thioether (sulfide) groups is 1. The summed E-state index contributed by atoms with van der Waals surface area (Å²) in [5, 5.41) is 13.7. The molecule has 2 fully saturated rings. The zero-order valence-corrected chi connectivity index (χ0v) is 29.0. The number of nitrogens with zero attached hydrogens (tertiary/aromatic N) is 3. The van der Waals surface area contributed by atoms with E-state index in [0.717, 1.165) is 15.9 Å². The molecule has 3 heterocycles. The molecular formula is C36H28F3N5O9S. The van der Waals surface area contributed by atoms with Crippen LogP contribution in [0.2, 0.25) is 0 Å². The molecule has 1 atom stereocenters. The van der Waals surface area contributed by atoms with Gasteiger partial charge >= 0.3 is 6.18 Å². The van der Waals surface area contributed by atoms with Crippen LogP contribution in [0, 0.1) is 11.3 Å². The maximum atomic E-state index is 13.6. The molecule has 3 aliphatic rings. The summed E-state index contributed by atoms with van der Waals surface area (Å²) in [4.78, 5) is 77.9. The van der Waals surface area contributed by atoms with Crippen LogP contribution in [0.25, 0.3) is 6.08 Å². The van der Waals surface area contributed by atoms with E-state index in [1.165, 1.54) is 43.5 Å². The maximum absolute atomic E-state index is 13.6. The fourth-order valence-electron chi connectivity index (χ4n) is 5.91. The Bertz CT molecular complexity index is 2170. The molecule has 2 saturated heterocycles. The Kier molecular flexibility index (Phi) is 10.7. The Morgan fingerprint density at radius 2 is 1.76 bits per heavy atom. The first-order valence-corrected chi connectivity index (χ1v) is 17.0. The number of ether oxygens (including phenoxy) is 3. The van der Waals surface area contributed by atoms with Crippen LogP contribution in [0.3, 0.4) is 0 Å². The highest BCUT2D eigenvalue weighted by Crippen LogP contribution is 2.42. The number of nitrogens with one attached hydrogen (secondary N) is 2. The number of amides is 6. The molecule has 0 radical (unpaired) electrons. The van der Waals surface area contributed by atoms with Crippen molar-refractivity contribution in [3.63, 3.8) is 0 Å². The number of hydrogen-bond acceptors (Lipinski definition) is 12. The van der Waals surface area contributed by atoms with E-state index in [4.69, 9.17) is 19.5 Å². The Hall–Kier alpha value is -6.19. The Labute approximate surface area is 308 Å². The van der Waals surface area contributed by atoms with Gasteiger partial charge in [-0.2, -0.15) is 18.4 Å². The molecule has 6 amide bonds. The summed E-state index contributed by atoms with van der Waals surface area (Å²) in [5.41, 5.74) is -0.379. The van der Waals surface area contributed by atoms with E-state index >= 15 is 0 Å². The van der Waals surface area contributed by atoms with Crippen molar-refractivity contribution in [2.45, 2.75) is 25.1 Å². The van der Waals surface area contributed by atoms with Gasteiger partial charge in [-0.25, -0.2) is 0 Å². The van der Waals surface area contributed by atoms with Gasteiger partial charge in [-0.3, -0.25) is 43.9 Å². The van der Waals surface area contributed by atoms with E-state index in [-0.39, 0.29) is 72.2 Å². The first-order valence-electron chi connectivity index (χ1n) is 16.2. The van der Waals surface area contributed by atoms with Crippen molar-refractivity contribution in [3.05, 3.63) is 87.3 Å². The quantitative estimate of drug-likeness (QED) is 0.144. The summed E-state index contributed by atoms with van der Waals surface area (Å²) in [5.74, 6) is -3.62. The topological polar surface area (TPSA) is 184 Å². The lowest BCUT2D eigenvalue weighted by Gasteiger charge is -2.27. The molecule has 0 bridgehead atoms. The number of alkyl halides is 3. The molecule has 0 spiro atoms. The molecule has 14 nitrogen and oxygen atoms in total. The maximum Gasteiger partial charge on any atom is 0.420 e. The first kappa shape index (κ1) is 37.6. The normalized spacial score (nSPS) is 17.9. The van der Waals surface area contributed by atoms with Gasteiger partial charge in [0.2, 0.25) is 11.8 Å². The highest BCUT2D eigenvalue weighted by Gasteiger charge is 2.45. The highest BCUT2D eigenvalue weighted by atomic mass is 32.2. The molecule has 3 aromatic rings. The van der Waals surface area contributed by atoms with Crippen molar-refractivity contribution < 1.29 is 56.1 Å². The molecule has 278 valence electrons. The number of piperidine rings is 1. The average Bonchev–Trinajstić information content (AvgIpc) is 3.55. The minimum Gasteiger partial charge on any atom is -0.493 e. The van der Waals surface area contributed by atoms with Gasteiger partial charge in [0, 0.05) is 18.7 Å². The van der Waals surface area contributed by atoms with Crippen molar-refractivity contribution in [2.24, 2.45) is 0 Å². The summed E-state index contributed by atoms with van der Waals surface area (Å²) < 4.78 is 57.3. The number of methoxy groups -OCH3 is 1. The lowest BCUT2D eigenvalue weighted by molar-refractivity contribution is -0.139. The number of carbonyl (C=O) groups is 6. The summed E-state index contributed by atoms with van der Waals surface area (Å²) in [6, 6.07) is 12.4.